The molecule has 3 N–H and O–H groups in total. The van der Waals surface area contributed by atoms with Crippen molar-refractivity contribution >= 4 is 29.0 Å². The van der Waals surface area contributed by atoms with Crippen molar-refractivity contribution in [2.45, 2.75) is 0 Å². The minimum atomic E-state index is -1.11. The van der Waals surface area contributed by atoms with E-state index in [4.69, 9.17) is 15.3 Å². The number of aromatic hydroxyl groups is 1. The molecule has 1 rings (SSSR count). The summed E-state index contributed by atoms with van der Waals surface area (Å²) >= 11 is 0. The SMILES string of the molecule is C[N+](C)(C)CCO.O=C(O)c1ccccc1O.[H-].[H-].[Mg+2]. The van der Waals surface area contributed by atoms with E-state index in [0.29, 0.717) is 0 Å². The van der Waals surface area contributed by atoms with Gasteiger partial charge in [-0.3, -0.25) is 0 Å². The summed E-state index contributed by atoms with van der Waals surface area (Å²) in [4.78, 5) is 10.3. The predicted octanol–water partition coefficient (Wildman–Crippen LogP) is 0.619. The van der Waals surface area contributed by atoms with Gasteiger partial charge in [0, 0.05) is 0 Å². The maximum atomic E-state index is 10.3. The molecule has 0 aromatic heterocycles. The summed E-state index contributed by atoms with van der Waals surface area (Å²) in [6.45, 7) is 1.11. The number of hydrogen-bond donors (Lipinski definition) is 3. The summed E-state index contributed by atoms with van der Waals surface area (Å²) < 4.78 is 0.844. The van der Waals surface area contributed by atoms with E-state index in [9.17, 15) is 4.79 Å². The quantitative estimate of drug-likeness (QED) is 0.555. The molecule has 0 bridgehead atoms. The maximum absolute atomic E-state index is 10.3. The third-order valence-electron chi connectivity index (χ3n) is 1.91. The number of likely N-dealkylation sites (N-methyl/N-ethyl adjacent to an activating group) is 1. The maximum Gasteiger partial charge on any atom is 2.00 e. The van der Waals surface area contributed by atoms with Crippen LogP contribution in [0.3, 0.4) is 0 Å². The standard InChI is InChI=1S/C7H6O3.C5H14NO.Mg.2H/c8-6-4-2-1-3-5(6)7(9)10;1-6(2,3)4-5-7;;;/h1-4,8H,(H,9,10);7H,4-5H2,1-3H3;;;/q;+1;+2;2*-1. The average Bonchev–Trinajstić information content (AvgIpc) is 2.16. The number of carboxylic acids is 1. The number of aromatic carboxylic acids is 1. The van der Waals surface area contributed by atoms with Crippen LogP contribution < -0.4 is 0 Å². The van der Waals surface area contributed by atoms with Gasteiger partial charge >= 0.3 is 29.0 Å². The predicted molar refractivity (Wildman–Crippen MR) is 73.0 cm³/mol. The normalized spacial score (nSPS) is 9.78. The Kier molecular flexibility index (Phi) is 9.92. The van der Waals surface area contributed by atoms with E-state index in [2.05, 4.69) is 21.1 Å². The number of para-hydroxylation sites is 1. The van der Waals surface area contributed by atoms with E-state index in [1.54, 1.807) is 12.1 Å². The van der Waals surface area contributed by atoms with Crippen LogP contribution in [-0.2, 0) is 0 Å². The third-order valence-corrected chi connectivity index (χ3v) is 1.91. The van der Waals surface area contributed by atoms with Crippen LogP contribution in [0.2, 0.25) is 0 Å². The van der Waals surface area contributed by atoms with Crippen LogP contribution in [0, 0.1) is 0 Å². The van der Waals surface area contributed by atoms with Crippen molar-refractivity contribution in [1.29, 1.82) is 0 Å². The van der Waals surface area contributed by atoms with E-state index in [0.717, 1.165) is 11.0 Å². The van der Waals surface area contributed by atoms with Crippen molar-refractivity contribution in [3.63, 3.8) is 0 Å². The van der Waals surface area contributed by atoms with Crippen molar-refractivity contribution in [2.75, 3.05) is 34.3 Å². The molecule has 0 atom stereocenters. The van der Waals surface area contributed by atoms with E-state index < -0.39 is 5.97 Å². The number of carbonyl (C=O) groups is 1. The number of phenols is 1. The molecule has 18 heavy (non-hydrogen) atoms. The van der Waals surface area contributed by atoms with Gasteiger partial charge in [-0.2, -0.15) is 0 Å². The molecule has 0 amide bonds. The summed E-state index contributed by atoms with van der Waals surface area (Å²) in [5.41, 5.74) is -0.0671. The number of rotatable bonds is 3. The smallest absolute Gasteiger partial charge is 1.00 e. The van der Waals surface area contributed by atoms with E-state index in [1.165, 1.54) is 12.1 Å². The number of hydrogen-bond acceptors (Lipinski definition) is 3. The number of benzene rings is 1. The first-order chi connectivity index (χ1) is 7.78. The summed E-state index contributed by atoms with van der Waals surface area (Å²) in [6.07, 6.45) is 0. The minimum absolute atomic E-state index is 0. The number of quaternary nitrogens is 1. The summed E-state index contributed by atoms with van der Waals surface area (Å²) in [5.74, 6) is -1.31. The average molecular weight is 269 g/mol. The molecule has 0 unspecified atom stereocenters. The molecule has 1 aromatic rings. The molecule has 0 saturated carbocycles. The molecule has 0 aliphatic carbocycles. The molecule has 0 radical (unpaired) electrons. The topological polar surface area (TPSA) is 77.8 Å². The van der Waals surface area contributed by atoms with Gasteiger partial charge in [-0.25, -0.2) is 4.79 Å². The summed E-state index contributed by atoms with van der Waals surface area (Å²) in [7, 11) is 6.16. The molecule has 5 nitrogen and oxygen atoms in total. The Morgan fingerprint density at radius 1 is 1.28 bits per heavy atom. The first kappa shape index (κ1) is 19.5. The summed E-state index contributed by atoms with van der Waals surface area (Å²) in [5, 5.41) is 25.7. The zero-order valence-corrected chi connectivity index (χ0v) is 12.5. The van der Waals surface area contributed by atoms with Gasteiger partial charge in [0.15, 0.2) is 0 Å². The second-order valence-electron chi connectivity index (χ2n) is 4.56. The van der Waals surface area contributed by atoms with E-state index in [-0.39, 0.29) is 43.8 Å². The third kappa shape index (κ3) is 9.23. The van der Waals surface area contributed by atoms with Crippen molar-refractivity contribution in [3.05, 3.63) is 29.8 Å². The van der Waals surface area contributed by atoms with Crippen LogP contribution in [0.25, 0.3) is 0 Å². The Morgan fingerprint density at radius 2 is 1.78 bits per heavy atom. The summed E-state index contributed by atoms with van der Waals surface area (Å²) in [6, 6.07) is 5.81. The molecular formula is C12H22MgNO4+. The fourth-order valence-corrected chi connectivity index (χ4v) is 0.954. The Bertz CT molecular complexity index is 373. The van der Waals surface area contributed by atoms with Gasteiger partial charge in [0.05, 0.1) is 27.7 Å². The molecular weight excluding hydrogens is 246 g/mol. The molecule has 6 heteroatoms. The zero-order valence-electron chi connectivity index (χ0n) is 13.1. The van der Waals surface area contributed by atoms with Crippen LogP contribution in [0.1, 0.15) is 13.2 Å². The van der Waals surface area contributed by atoms with Gasteiger partial charge < -0.3 is 22.7 Å². The minimum Gasteiger partial charge on any atom is -1.00 e. The largest absolute Gasteiger partial charge is 2.00 e. The van der Waals surface area contributed by atoms with E-state index >= 15 is 0 Å². The number of aliphatic hydroxyl groups is 1. The van der Waals surface area contributed by atoms with Gasteiger partial charge in [-0.05, 0) is 12.1 Å². The first-order valence-electron chi connectivity index (χ1n) is 5.20. The van der Waals surface area contributed by atoms with Crippen molar-refractivity contribution in [3.8, 4) is 5.75 Å². The second kappa shape index (κ2) is 9.15. The van der Waals surface area contributed by atoms with Crippen molar-refractivity contribution in [1.82, 2.24) is 0 Å². The Balaban J connectivity index is -0.000000117. The molecule has 0 aliphatic heterocycles. The molecule has 0 fully saturated rings. The van der Waals surface area contributed by atoms with Gasteiger partial charge in [-0.15, -0.1) is 0 Å². The van der Waals surface area contributed by atoms with Gasteiger partial charge in [0.2, 0.25) is 0 Å². The van der Waals surface area contributed by atoms with Crippen LogP contribution >= 0.6 is 0 Å². The Morgan fingerprint density at radius 3 is 2.00 bits per heavy atom. The van der Waals surface area contributed by atoms with Gasteiger partial charge in [0.25, 0.3) is 0 Å². The van der Waals surface area contributed by atoms with E-state index in [1.807, 2.05) is 0 Å². The Labute approximate surface area is 126 Å². The molecule has 100 valence electrons. The van der Waals surface area contributed by atoms with Crippen LogP contribution in [0.5, 0.6) is 5.75 Å². The van der Waals surface area contributed by atoms with Gasteiger partial charge in [0.1, 0.15) is 17.9 Å². The van der Waals surface area contributed by atoms with Crippen LogP contribution in [-0.4, -0.2) is 83.1 Å². The first-order valence-corrected chi connectivity index (χ1v) is 5.20. The second-order valence-corrected chi connectivity index (χ2v) is 4.56. The van der Waals surface area contributed by atoms with Crippen molar-refractivity contribution in [2.24, 2.45) is 0 Å². The molecule has 0 spiro atoms. The zero-order chi connectivity index (χ0) is 13.5. The van der Waals surface area contributed by atoms with Crippen LogP contribution in [0.4, 0.5) is 0 Å². The van der Waals surface area contributed by atoms with Crippen LogP contribution in [0.15, 0.2) is 24.3 Å². The molecule has 0 saturated heterocycles. The number of carboxylic acid groups (broad SMARTS) is 1. The molecule has 0 heterocycles. The monoisotopic (exact) mass is 268 g/mol. The number of aliphatic hydroxyl groups excluding tert-OH is 1. The number of nitrogens with zero attached hydrogens (tertiary/aromatic N) is 1. The van der Waals surface area contributed by atoms with Gasteiger partial charge in [-0.1, -0.05) is 12.1 Å². The Hall–Kier alpha value is -0.824. The molecule has 1 aromatic carbocycles. The fourth-order valence-electron chi connectivity index (χ4n) is 0.954. The van der Waals surface area contributed by atoms with Crippen molar-refractivity contribution < 1.29 is 27.5 Å². The molecule has 0 aliphatic rings. The fraction of sp³-hybridized carbons (Fsp3) is 0.417.